The molecule has 0 saturated carbocycles. The molecule has 5 aromatic rings. The lowest BCUT2D eigenvalue weighted by molar-refractivity contribution is -0.135. The van der Waals surface area contributed by atoms with E-state index in [9.17, 15) is 19.2 Å². The van der Waals surface area contributed by atoms with Crippen molar-refractivity contribution in [3.8, 4) is 23.0 Å². The lowest BCUT2D eigenvalue weighted by Crippen LogP contribution is -2.54. The normalized spacial score (nSPS) is 19.2. The average Bonchev–Trinajstić information content (AvgIpc) is 4.13. The van der Waals surface area contributed by atoms with Crippen LogP contribution in [0.1, 0.15) is 66.3 Å². The van der Waals surface area contributed by atoms with Crippen LogP contribution in [-0.4, -0.2) is 83.3 Å². The monoisotopic (exact) mass is 806 g/mol. The molecule has 4 amide bonds. The van der Waals surface area contributed by atoms with E-state index in [1.165, 1.54) is 14.2 Å². The van der Waals surface area contributed by atoms with Gasteiger partial charge in [0, 0.05) is 24.9 Å². The molecule has 0 aliphatic carbocycles. The molecule has 4 aromatic carbocycles. The molecule has 1 unspecified atom stereocenters. The first-order valence-corrected chi connectivity index (χ1v) is 20.0. The second-order valence-corrected chi connectivity index (χ2v) is 14.9. The van der Waals surface area contributed by atoms with Crippen molar-refractivity contribution < 1.29 is 28.7 Å². The second-order valence-electron chi connectivity index (χ2n) is 14.9. The van der Waals surface area contributed by atoms with Gasteiger partial charge < -0.3 is 45.5 Å². The molecule has 306 valence electrons. The molecule has 1 aromatic heterocycles. The second kappa shape index (κ2) is 17.7. The van der Waals surface area contributed by atoms with Crippen LogP contribution in [0.4, 0.5) is 9.59 Å². The molecule has 0 bridgehead atoms. The SMILES string of the molecule is COC(=O)N[C@@H](C(=O)N1CCC[C@H]1c1nc2ccc(-c3ccc(C#CC4=CNC([C@@H]5CCCN5C(=O)[C@H](NC(=O)OC)c5ccccc5)N4)cc3)cc2[nH]1)c1ccccc1. The van der Waals surface area contributed by atoms with Crippen LogP contribution in [0.5, 0.6) is 0 Å². The third-order valence-corrected chi connectivity index (χ3v) is 11.3. The average molecular weight is 807 g/mol. The number of carbonyl (C=O) groups excluding carboxylic acids is 4. The molecule has 0 radical (unpaired) electrons. The largest absolute Gasteiger partial charge is 0.453 e. The third-order valence-electron chi connectivity index (χ3n) is 11.3. The van der Waals surface area contributed by atoms with Crippen LogP contribution < -0.4 is 21.3 Å². The van der Waals surface area contributed by atoms with Crippen LogP contribution >= 0.6 is 0 Å². The number of amides is 4. The van der Waals surface area contributed by atoms with Crippen LogP contribution in [0, 0.1) is 11.8 Å². The highest BCUT2D eigenvalue weighted by Gasteiger charge is 2.40. The number of fused-ring (bicyclic) bond motifs is 1. The van der Waals surface area contributed by atoms with Gasteiger partial charge in [-0.15, -0.1) is 0 Å². The Kier molecular flexibility index (Phi) is 11.7. The van der Waals surface area contributed by atoms with Gasteiger partial charge >= 0.3 is 12.2 Å². The minimum absolute atomic E-state index is 0.150. The van der Waals surface area contributed by atoms with E-state index in [0.717, 1.165) is 53.4 Å². The molecule has 3 aliphatic heterocycles. The summed E-state index contributed by atoms with van der Waals surface area (Å²) in [6, 6.07) is 30.2. The van der Waals surface area contributed by atoms with E-state index in [4.69, 9.17) is 14.5 Å². The minimum Gasteiger partial charge on any atom is -0.453 e. The molecular weight excluding hydrogens is 761 g/mol. The smallest absolute Gasteiger partial charge is 0.407 e. The number of aromatic nitrogens is 2. The van der Waals surface area contributed by atoms with Crippen molar-refractivity contribution in [3.63, 3.8) is 0 Å². The number of hydrogen-bond donors (Lipinski definition) is 5. The first-order chi connectivity index (χ1) is 29.3. The Morgan fingerprint density at radius 3 is 1.98 bits per heavy atom. The van der Waals surface area contributed by atoms with E-state index in [-0.39, 0.29) is 30.1 Å². The number of aromatic amines is 1. The minimum atomic E-state index is -0.888. The highest BCUT2D eigenvalue weighted by Crippen LogP contribution is 2.35. The summed E-state index contributed by atoms with van der Waals surface area (Å²) in [7, 11) is 2.56. The zero-order valence-electron chi connectivity index (χ0n) is 33.3. The summed E-state index contributed by atoms with van der Waals surface area (Å²) in [5.41, 5.74) is 6.59. The number of nitrogens with one attached hydrogen (secondary N) is 5. The van der Waals surface area contributed by atoms with Gasteiger partial charge in [-0.05, 0) is 78.1 Å². The zero-order chi connectivity index (χ0) is 41.6. The van der Waals surface area contributed by atoms with Crippen molar-refractivity contribution in [2.24, 2.45) is 0 Å². The number of H-pyrrole nitrogens is 1. The molecule has 2 fully saturated rings. The van der Waals surface area contributed by atoms with Crippen molar-refractivity contribution in [2.45, 2.75) is 56.0 Å². The molecule has 60 heavy (non-hydrogen) atoms. The lowest BCUT2D eigenvalue weighted by atomic mass is 10.0. The van der Waals surface area contributed by atoms with Gasteiger partial charge in [0.15, 0.2) is 0 Å². The van der Waals surface area contributed by atoms with Crippen molar-refractivity contribution >= 4 is 35.0 Å². The highest BCUT2D eigenvalue weighted by molar-refractivity contribution is 5.89. The number of benzene rings is 4. The van der Waals surface area contributed by atoms with E-state index in [0.29, 0.717) is 35.7 Å². The van der Waals surface area contributed by atoms with Crippen LogP contribution in [-0.2, 0) is 19.1 Å². The third kappa shape index (κ3) is 8.47. The first-order valence-electron chi connectivity index (χ1n) is 20.0. The summed E-state index contributed by atoms with van der Waals surface area (Å²) >= 11 is 0. The van der Waals surface area contributed by atoms with Crippen molar-refractivity contribution in [1.82, 2.24) is 41.0 Å². The predicted octanol–water partition coefficient (Wildman–Crippen LogP) is 5.79. The van der Waals surface area contributed by atoms with E-state index < -0.39 is 24.3 Å². The molecule has 14 heteroatoms. The Hall–Kier alpha value is -7.27. The fourth-order valence-corrected chi connectivity index (χ4v) is 8.23. The van der Waals surface area contributed by atoms with Crippen LogP contribution in [0.3, 0.4) is 0 Å². The summed E-state index contributed by atoms with van der Waals surface area (Å²) in [4.78, 5) is 64.2. The van der Waals surface area contributed by atoms with Gasteiger partial charge in [-0.25, -0.2) is 14.6 Å². The maximum Gasteiger partial charge on any atom is 0.407 e. The maximum atomic E-state index is 14.0. The number of allylic oxidation sites excluding steroid dienone is 1. The molecule has 14 nitrogen and oxygen atoms in total. The highest BCUT2D eigenvalue weighted by atomic mass is 16.5. The van der Waals surface area contributed by atoms with Gasteiger partial charge in [-0.3, -0.25) is 9.59 Å². The van der Waals surface area contributed by atoms with Crippen LogP contribution in [0.15, 0.2) is 115 Å². The summed E-state index contributed by atoms with van der Waals surface area (Å²) < 4.78 is 9.66. The van der Waals surface area contributed by atoms with Gasteiger partial charge in [0.1, 0.15) is 29.8 Å². The van der Waals surface area contributed by atoms with Gasteiger partial charge in [0.05, 0.1) is 37.3 Å². The molecule has 4 heterocycles. The zero-order valence-corrected chi connectivity index (χ0v) is 33.3. The van der Waals surface area contributed by atoms with Crippen molar-refractivity contribution in [3.05, 3.63) is 138 Å². The molecule has 2 saturated heterocycles. The Morgan fingerprint density at radius 1 is 0.733 bits per heavy atom. The van der Waals surface area contributed by atoms with Gasteiger partial charge in [0.2, 0.25) is 5.91 Å². The van der Waals surface area contributed by atoms with E-state index in [2.05, 4.69) is 44.2 Å². The van der Waals surface area contributed by atoms with Crippen LogP contribution in [0.25, 0.3) is 22.2 Å². The van der Waals surface area contributed by atoms with Crippen molar-refractivity contribution in [2.75, 3.05) is 27.3 Å². The standard InChI is InChI=1S/C46H46N8O6/c1-59-45(57)51-39(31-11-5-3-6-12-31)43(55)53-25-9-15-37(53)41-47-28-34(48-41)23-19-29-17-20-30(21-18-29)33-22-24-35-36(27-33)50-42(49-35)38-16-10-26-54(38)44(56)40(52-46(58)60-2)32-13-7-4-8-14-32/h3-8,11-14,17-18,20-22,24,27-28,37-41,47-48H,9-10,15-16,25-26H2,1-2H3,(H,49,50)(H,51,57)(H,52,58)/t37-,38-,39+,40+,41?/m0/s1. The maximum absolute atomic E-state index is 14.0. The number of carbonyl (C=O) groups is 4. The Balaban J connectivity index is 0.912. The number of nitrogens with zero attached hydrogens (tertiary/aromatic N) is 3. The fourth-order valence-electron chi connectivity index (χ4n) is 8.23. The first kappa shape index (κ1) is 39.6. The number of likely N-dealkylation sites (tertiary alicyclic amines) is 2. The number of alkyl carbamates (subject to hydrolysis) is 2. The van der Waals surface area contributed by atoms with Crippen molar-refractivity contribution in [1.29, 1.82) is 0 Å². The summed E-state index contributed by atoms with van der Waals surface area (Å²) in [5, 5.41) is 12.2. The number of hydrogen-bond acceptors (Lipinski definition) is 9. The topological polar surface area (TPSA) is 170 Å². The van der Waals surface area contributed by atoms with Crippen LogP contribution in [0.2, 0.25) is 0 Å². The lowest BCUT2D eigenvalue weighted by Gasteiger charge is -2.33. The number of imidazole rings is 1. The van der Waals surface area contributed by atoms with Gasteiger partial charge in [-0.2, -0.15) is 0 Å². The number of methoxy groups -OCH3 is 2. The molecule has 8 rings (SSSR count). The Bertz CT molecular complexity index is 2460. The summed E-state index contributed by atoms with van der Waals surface area (Å²) in [6.45, 7) is 1.12. The molecule has 5 N–H and O–H groups in total. The summed E-state index contributed by atoms with van der Waals surface area (Å²) in [6.07, 6.45) is 3.45. The predicted molar refractivity (Wildman–Crippen MR) is 224 cm³/mol. The molecule has 3 aliphatic rings. The quantitative estimate of drug-likeness (QED) is 0.116. The van der Waals surface area contributed by atoms with Gasteiger partial charge in [-0.1, -0.05) is 84.8 Å². The number of ether oxygens (including phenoxy) is 2. The summed E-state index contributed by atoms with van der Waals surface area (Å²) in [5.74, 6) is 6.76. The number of rotatable bonds is 9. The Labute approximate surface area is 347 Å². The van der Waals surface area contributed by atoms with E-state index in [1.807, 2.05) is 108 Å². The molecule has 5 atom stereocenters. The van der Waals surface area contributed by atoms with E-state index in [1.54, 1.807) is 4.90 Å². The Morgan fingerprint density at radius 2 is 1.33 bits per heavy atom. The van der Waals surface area contributed by atoms with Gasteiger partial charge in [0.25, 0.3) is 5.91 Å². The van der Waals surface area contributed by atoms with E-state index >= 15 is 0 Å². The molecular formula is C46H46N8O6. The molecule has 0 spiro atoms. The fraction of sp³-hybridized carbons (Fsp3) is 0.283.